The van der Waals surface area contributed by atoms with Gasteiger partial charge in [0.2, 0.25) is 0 Å². The van der Waals surface area contributed by atoms with Crippen molar-refractivity contribution in [3.63, 3.8) is 0 Å². The Labute approximate surface area is 103 Å². The summed E-state index contributed by atoms with van der Waals surface area (Å²) in [5, 5.41) is 3.57. The zero-order chi connectivity index (χ0) is 12.3. The number of rotatable bonds is 4. The van der Waals surface area contributed by atoms with E-state index >= 15 is 0 Å². The van der Waals surface area contributed by atoms with Gasteiger partial charge >= 0.3 is 0 Å². The van der Waals surface area contributed by atoms with Crippen LogP contribution in [0.2, 0.25) is 0 Å². The number of halogens is 1. The zero-order valence-electron chi connectivity index (χ0n) is 10.6. The van der Waals surface area contributed by atoms with Crippen LogP contribution in [0.1, 0.15) is 31.4 Å². The number of likely N-dealkylation sites (N-methyl/N-ethyl adjacent to an activating group) is 1. The van der Waals surface area contributed by atoms with E-state index < -0.39 is 0 Å². The first kappa shape index (κ1) is 12.5. The smallest absolute Gasteiger partial charge is 0.127 e. The normalized spacial score (nSPS) is 22.9. The molecule has 3 heteroatoms. The minimum absolute atomic E-state index is 0.0989. The van der Waals surface area contributed by atoms with Gasteiger partial charge in [-0.25, -0.2) is 4.39 Å². The van der Waals surface area contributed by atoms with E-state index in [1.807, 2.05) is 12.1 Å². The first-order chi connectivity index (χ1) is 8.20. The SMILES string of the molecule is CCC(NC1CCN(C)C1)c1ccccc1F. The molecule has 0 aromatic heterocycles. The Kier molecular flexibility index (Phi) is 4.13. The molecule has 0 spiro atoms. The molecule has 2 unspecified atom stereocenters. The van der Waals surface area contributed by atoms with Gasteiger partial charge in [0.15, 0.2) is 0 Å². The molecule has 2 nitrogen and oxygen atoms in total. The van der Waals surface area contributed by atoms with Crippen molar-refractivity contribution in [1.82, 2.24) is 10.2 Å². The third-order valence-corrected chi connectivity index (χ3v) is 3.52. The molecule has 0 bridgehead atoms. The van der Waals surface area contributed by atoms with Gasteiger partial charge in [-0.05, 0) is 32.5 Å². The summed E-state index contributed by atoms with van der Waals surface area (Å²) < 4.78 is 13.7. The zero-order valence-corrected chi connectivity index (χ0v) is 10.6. The van der Waals surface area contributed by atoms with Crippen LogP contribution in [0, 0.1) is 5.82 Å². The highest BCUT2D eigenvalue weighted by Gasteiger charge is 2.23. The van der Waals surface area contributed by atoms with Crippen LogP contribution < -0.4 is 5.32 Å². The van der Waals surface area contributed by atoms with Gasteiger partial charge in [-0.2, -0.15) is 0 Å². The van der Waals surface area contributed by atoms with Crippen LogP contribution in [0.25, 0.3) is 0 Å². The lowest BCUT2D eigenvalue weighted by Gasteiger charge is -2.22. The lowest BCUT2D eigenvalue weighted by molar-refractivity contribution is 0.375. The molecular formula is C14H21FN2. The van der Waals surface area contributed by atoms with Crippen molar-refractivity contribution in [3.8, 4) is 0 Å². The lowest BCUT2D eigenvalue weighted by atomic mass is 10.0. The van der Waals surface area contributed by atoms with Gasteiger partial charge in [0.1, 0.15) is 5.82 Å². The lowest BCUT2D eigenvalue weighted by Crippen LogP contribution is -2.34. The van der Waals surface area contributed by atoms with E-state index in [1.54, 1.807) is 12.1 Å². The second-order valence-electron chi connectivity index (χ2n) is 4.90. The molecule has 1 N–H and O–H groups in total. The van der Waals surface area contributed by atoms with Crippen molar-refractivity contribution < 1.29 is 4.39 Å². The predicted molar refractivity (Wildman–Crippen MR) is 68.5 cm³/mol. The van der Waals surface area contributed by atoms with Gasteiger partial charge in [0.05, 0.1) is 0 Å². The van der Waals surface area contributed by atoms with Gasteiger partial charge in [-0.1, -0.05) is 25.1 Å². The summed E-state index contributed by atoms with van der Waals surface area (Å²) in [6, 6.07) is 7.70. The molecule has 1 heterocycles. The Bertz CT molecular complexity index is 367. The molecule has 1 aromatic carbocycles. The highest BCUT2D eigenvalue weighted by molar-refractivity contribution is 5.21. The Balaban J connectivity index is 2.04. The summed E-state index contributed by atoms with van der Waals surface area (Å²) in [5.74, 6) is -0.0989. The van der Waals surface area contributed by atoms with Crippen LogP contribution in [-0.4, -0.2) is 31.1 Å². The fourth-order valence-electron chi connectivity index (χ4n) is 2.54. The largest absolute Gasteiger partial charge is 0.306 e. The molecular weight excluding hydrogens is 215 g/mol. The maximum Gasteiger partial charge on any atom is 0.127 e. The summed E-state index contributed by atoms with van der Waals surface area (Å²) >= 11 is 0. The molecule has 1 aliphatic heterocycles. The van der Waals surface area contributed by atoms with Crippen LogP contribution in [0.4, 0.5) is 4.39 Å². The average molecular weight is 236 g/mol. The third kappa shape index (κ3) is 3.05. The molecule has 0 aliphatic carbocycles. The van der Waals surface area contributed by atoms with Crippen molar-refractivity contribution in [1.29, 1.82) is 0 Å². The Morgan fingerprint density at radius 1 is 1.47 bits per heavy atom. The molecule has 1 aromatic rings. The highest BCUT2D eigenvalue weighted by atomic mass is 19.1. The van der Waals surface area contributed by atoms with Gasteiger partial charge in [-0.15, -0.1) is 0 Å². The van der Waals surface area contributed by atoms with E-state index in [9.17, 15) is 4.39 Å². The van der Waals surface area contributed by atoms with E-state index in [4.69, 9.17) is 0 Å². The van der Waals surface area contributed by atoms with E-state index in [2.05, 4.69) is 24.2 Å². The van der Waals surface area contributed by atoms with Crippen LogP contribution >= 0.6 is 0 Å². The van der Waals surface area contributed by atoms with Crippen molar-refractivity contribution in [2.75, 3.05) is 20.1 Å². The van der Waals surface area contributed by atoms with E-state index in [0.29, 0.717) is 6.04 Å². The van der Waals surface area contributed by atoms with Gasteiger partial charge in [0.25, 0.3) is 0 Å². The second-order valence-corrected chi connectivity index (χ2v) is 4.90. The molecule has 1 saturated heterocycles. The van der Waals surface area contributed by atoms with E-state index in [1.165, 1.54) is 0 Å². The summed E-state index contributed by atoms with van der Waals surface area (Å²) in [5.41, 5.74) is 0.796. The van der Waals surface area contributed by atoms with Crippen molar-refractivity contribution in [3.05, 3.63) is 35.6 Å². The Morgan fingerprint density at radius 2 is 2.24 bits per heavy atom. The number of nitrogens with zero attached hydrogens (tertiary/aromatic N) is 1. The average Bonchev–Trinajstić information content (AvgIpc) is 2.73. The fraction of sp³-hybridized carbons (Fsp3) is 0.571. The number of hydrogen-bond acceptors (Lipinski definition) is 2. The molecule has 94 valence electrons. The van der Waals surface area contributed by atoms with Gasteiger partial charge in [0, 0.05) is 24.2 Å². The minimum Gasteiger partial charge on any atom is -0.306 e. The summed E-state index contributed by atoms with van der Waals surface area (Å²) in [6.07, 6.45) is 2.07. The molecule has 1 fully saturated rings. The van der Waals surface area contributed by atoms with Crippen molar-refractivity contribution >= 4 is 0 Å². The summed E-state index contributed by atoms with van der Waals surface area (Å²) in [6.45, 7) is 4.29. The predicted octanol–water partition coefficient (Wildman–Crippen LogP) is 2.57. The number of nitrogens with one attached hydrogen (secondary N) is 1. The van der Waals surface area contributed by atoms with Crippen molar-refractivity contribution in [2.24, 2.45) is 0 Å². The van der Waals surface area contributed by atoms with Crippen molar-refractivity contribution in [2.45, 2.75) is 31.8 Å². The summed E-state index contributed by atoms with van der Waals surface area (Å²) in [4.78, 5) is 2.31. The molecule has 2 atom stereocenters. The quantitative estimate of drug-likeness (QED) is 0.864. The highest BCUT2D eigenvalue weighted by Crippen LogP contribution is 2.22. The van der Waals surface area contributed by atoms with Gasteiger partial charge in [-0.3, -0.25) is 0 Å². The van der Waals surface area contributed by atoms with Crippen LogP contribution in [0.5, 0.6) is 0 Å². The summed E-state index contributed by atoms with van der Waals surface area (Å²) in [7, 11) is 2.13. The van der Waals surface area contributed by atoms with Crippen LogP contribution in [0.3, 0.4) is 0 Å². The van der Waals surface area contributed by atoms with E-state index in [0.717, 1.165) is 31.5 Å². The topological polar surface area (TPSA) is 15.3 Å². The Morgan fingerprint density at radius 3 is 2.82 bits per heavy atom. The van der Waals surface area contributed by atoms with E-state index in [-0.39, 0.29) is 11.9 Å². The minimum atomic E-state index is -0.0989. The third-order valence-electron chi connectivity index (χ3n) is 3.52. The van der Waals surface area contributed by atoms with Gasteiger partial charge < -0.3 is 10.2 Å². The molecule has 1 aliphatic rings. The standard InChI is InChI=1S/C14H21FN2/c1-3-14(12-6-4-5-7-13(12)15)16-11-8-9-17(2)10-11/h4-7,11,14,16H,3,8-10H2,1-2H3. The second kappa shape index (κ2) is 5.61. The number of likely N-dealkylation sites (tertiary alicyclic amines) is 1. The van der Waals surface area contributed by atoms with Crippen LogP contribution in [0.15, 0.2) is 24.3 Å². The fourth-order valence-corrected chi connectivity index (χ4v) is 2.54. The monoisotopic (exact) mass is 236 g/mol. The number of hydrogen-bond donors (Lipinski definition) is 1. The molecule has 0 radical (unpaired) electrons. The molecule has 0 amide bonds. The molecule has 0 saturated carbocycles. The maximum absolute atomic E-state index is 13.7. The Hall–Kier alpha value is -0.930. The first-order valence-corrected chi connectivity index (χ1v) is 6.39. The maximum atomic E-state index is 13.7. The molecule has 2 rings (SSSR count). The van der Waals surface area contributed by atoms with Crippen LogP contribution in [-0.2, 0) is 0 Å². The first-order valence-electron chi connectivity index (χ1n) is 6.39. The molecule has 17 heavy (non-hydrogen) atoms. The number of benzene rings is 1.